The molecule has 6 rings (SSSR count). The minimum absolute atomic E-state index is 0.192. The maximum atomic E-state index is 16.2. The van der Waals surface area contributed by atoms with Crippen LogP contribution in [0.25, 0.3) is 10.9 Å². The van der Waals surface area contributed by atoms with E-state index in [0.717, 1.165) is 12.5 Å². The lowest BCUT2D eigenvalue weighted by Gasteiger charge is -2.59. The number of carbonyl (C=O) groups excluding carboxylic acids is 2. The van der Waals surface area contributed by atoms with Gasteiger partial charge in [-0.05, 0) is 55.0 Å². The zero-order valence-corrected chi connectivity index (χ0v) is 21.6. The molecule has 2 aliphatic heterocycles. The van der Waals surface area contributed by atoms with Crippen molar-refractivity contribution in [1.29, 1.82) is 0 Å². The number of rotatable bonds is 4. The van der Waals surface area contributed by atoms with Crippen LogP contribution in [-0.4, -0.2) is 44.9 Å². The standard InChI is InChI=1S/C29H28F4N4O3/c30-25-20-12-18(19-3-7-24(38)36-26(19)39)14-34-22(20)5-4-21(25)28(40)10-11-37(16-27(28)8-1-9-27)15-17-2-6-23(35-13-17)29(31,32)33/h2,4-6,12-14,19,40H,1,3,7-11,15-16H2,(H,36,38,39). The molecule has 11 heteroatoms. The number of piperidine rings is 2. The number of halogens is 4. The highest BCUT2D eigenvalue weighted by molar-refractivity contribution is 6.01. The first-order valence-electron chi connectivity index (χ1n) is 13.4. The van der Waals surface area contributed by atoms with E-state index >= 15 is 4.39 Å². The zero-order chi connectivity index (χ0) is 28.3. The smallest absolute Gasteiger partial charge is 0.384 e. The number of imide groups is 1. The Balaban J connectivity index is 1.28. The number of likely N-dealkylation sites (tertiary alicyclic amines) is 1. The lowest BCUT2D eigenvalue weighted by molar-refractivity contribution is -0.182. The van der Waals surface area contributed by atoms with Crippen LogP contribution in [0.1, 0.15) is 66.8 Å². The van der Waals surface area contributed by atoms with E-state index in [4.69, 9.17) is 0 Å². The summed E-state index contributed by atoms with van der Waals surface area (Å²) in [5.74, 6) is -1.95. The van der Waals surface area contributed by atoms with Gasteiger partial charge in [-0.3, -0.25) is 29.8 Å². The van der Waals surface area contributed by atoms with Gasteiger partial charge in [0.1, 0.15) is 17.1 Å². The quantitative estimate of drug-likeness (QED) is 0.361. The maximum Gasteiger partial charge on any atom is 0.433 e. The number of pyridine rings is 2. The molecule has 1 saturated carbocycles. The Morgan fingerprint density at radius 3 is 2.52 bits per heavy atom. The van der Waals surface area contributed by atoms with Gasteiger partial charge >= 0.3 is 6.18 Å². The fourth-order valence-electron chi connectivity index (χ4n) is 6.60. The monoisotopic (exact) mass is 556 g/mol. The van der Waals surface area contributed by atoms with E-state index in [1.165, 1.54) is 18.5 Å². The van der Waals surface area contributed by atoms with Crippen molar-refractivity contribution in [2.45, 2.75) is 62.8 Å². The van der Waals surface area contributed by atoms with Crippen molar-refractivity contribution >= 4 is 22.7 Å². The summed E-state index contributed by atoms with van der Waals surface area (Å²) < 4.78 is 54.9. The van der Waals surface area contributed by atoms with Crippen LogP contribution in [0.2, 0.25) is 0 Å². The van der Waals surface area contributed by atoms with Crippen molar-refractivity contribution in [3.05, 3.63) is 70.9 Å². The molecule has 3 aromatic rings. The second-order valence-corrected chi connectivity index (χ2v) is 11.3. The molecule has 2 atom stereocenters. The second kappa shape index (κ2) is 9.59. The van der Waals surface area contributed by atoms with Gasteiger partial charge in [-0.1, -0.05) is 18.6 Å². The molecule has 1 spiro atoms. The molecule has 0 radical (unpaired) electrons. The van der Waals surface area contributed by atoms with Crippen LogP contribution in [0.4, 0.5) is 17.6 Å². The molecular weight excluding hydrogens is 528 g/mol. The highest BCUT2D eigenvalue weighted by atomic mass is 19.4. The van der Waals surface area contributed by atoms with Gasteiger partial charge in [0.2, 0.25) is 11.8 Å². The molecule has 40 heavy (non-hydrogen) atoms. The number of nitrogens with one attached hydrogen (secondary N) is 1. The van der Waals surface area contributed by atoms with Crippen molar-refractivity contribution in [3.8, 4) is 0 Å². The predicted octanol–water partition coefficient (Wildman–Crippen LogP) is 4.57. The van der Waals surface area contributed by atoms with Gasteiger partial charge in [-0.2, -0.15) is 13.2 Å². The number of nitrogens with zero attached hydrogens (tertiary/aromatic N) is 3. The molecule has 7 nitrogen and oxygen atoms in total. The van der Waals surface area contributed by atoms with Crippen molar-refractivity contribution in [2.75, 3.05) is 13.1 Å². The Kier molecular flexibility index (Phi) is 6.42. The number of alkyl halides is 3. The molecule has 2 N–H and O–H groups in total. The largest absolute Gasteiger partial charge is 0.433 e. The summed E-state index contributed by atoms with van der Waals surface area (Å²) in [6.07, 6.45) is 1.28. The van der Waals surface area contributed by atoms with Crippen LogP contribution in [0.5, 0.6) is 0 Å². The van der Waals surface area contributed by atoms with Crippen LogP contribution >= 0.6 is 0 Å². The minimum Gasteiger partial charge on any atom is -0.384 e. The van der Waals surface area contributed by atoms with E-state index < -0.39 is 40.5 Å². The molecule has 2 amide bonds. The van der Waals surface area contributed by atoms with E-state index in [-0.39, 0.29) is 29.7 Å². The molecule has 3 fully saturated rings. The first kappa shape index (κ1) is 26.8. The van der Waals surface area contributed by atoms with Gasteiger partial charge in [0, 0.05) is 54.8 Å². The number of aromatic nitrogens is 2. The fourth-order valence-corrected chi connectivity index (χ4v) is 6.60. The average Bonchev–Trinajstić information content (AvgIpc) is 2.89. The Labute approximate surface area is 227 Å². The highest BCUT2D eigenvalue weighted by Gasteiger charge is 2.58. The van der Waals surface area contributed by atoms with Gasteiger partial charge in [-0.25, -0.2) is 4.39 Å². The molecule has 2 aromatic heterocycles. The number of fused-ring (bicyclic) bond motifs is 1. The van der Waals surface area contributed by atoms with E-state index in [9.17, 15) is 27.9 Å². The second-order valence-electron chi connectivity index (χ2n) is 11.3. The Hall–Kier alpha value is -3.44. The predicted molar refractivity (Wildman–Crippen MR) is 136 cm³/mol. The van der Waals surface area contributed by atoms with E-state index in [2.05, 4.69) is 20.2 Å². The van der Waals surface area contributed by atoms with Crippen LogP contribution in [0, 0.1) is 11.2 Å². The average molecular weight is 557 g/mol. The highest BCUT2D eigenvalue weighted by Crippen LogP contribution is 2.58. The molecule has 1 aromatic carbocycles. The van der Waals surface area contributed by atoms with Gasteiger partial charge in [0.15, 0.2) is 0 Å². The first-order chi connectivity index (χ1) is 19.0. The molecule has 4 heterocycles. The molecular formula is C29H28F4N4O3. The number of hydrogen-bond acceptors (Lipinski definition) is 6. The molecule has 2 saturated heterocycles. The third kappa shape index (κ3) is 4.45. The molecule has 2 unspecified atom stereocenters. The molecule has 1 aliphatic carbocycles. The summed E-state index contributed by atoms with van der Waals surface area (Å²) in [6.45, 7) is 1.27. The summed E-state index contributed by atoms with van der Waals surface area (Å²) in [4.78, 5) is 33.9. The van der Waals surface area contributed by atoms with E-state index in [0.29, 0.717) is 55.5 Å². The summed E-state index contributed by atoms with van der Waals surface area (Å²) in [5.41, 5.74) is -1.25. The Morgan fingerprint density at radius 1 is 1.07 bits per heavy atom. The number of benzene rings is 1. The SMILES string of the molecule is O=C1CCC(c2cnc3ccc(C4(O)CCN(Cc5ccc(C(F)(F)F)nc5)CC45CCC5)c(F)c3c2)C(=O)N1. The molecule has 210 valence electrons. The van der Waals surface area contributed by atoms with Gasteiger partial charge < -0.3 is 5.11 Å². The van der Waals surface area contributed by atoms with Crippen molar-refractivity contribution in [3.63, 3.8) is 0 Å². The van der Waals surface area contributed by atoms with Gasteiger partial charge in [0.25, 0.3) is 0 Å². The van der Waals surface area contributed by atoms with Crippen LogP contribution in [0.15, 0.2) is 42.7 Å². The normalized spacial score (nSPS) is 25.2. The van der Waals surface area contributed by atoms with Crippen LogP contribution in [-0.2, 0) is 27.9 Å². The van der Waals surface area contributed by atoms with Gasteiger partial charge in [0.05, 0.1) is 11.4 Å². The molecule has 0 bridgehead atoms. The topological polar surface area (TPSA) is 95.4 Å². The summed E-state index contributed by atoms with van der Waals surface area (Å²) in [7, 11) is 0. The van der Waals surface area contributed by atoms with Crippen molar-refractivity contribution in [1.82, 2.24) is 20.2 Å². The van der Waals surface area contributed by atoms with Crippen LogP contribution in [0.3, 0.4) is 0 Å². The maximum absolute atomic E-state index is 16.2. The fraction of sp³-hybridized carbons (Fsp3) is 0.448. The van der Waals surface area contributed by atoms with Crippen molar-refractivity contribution < 1.29 is 32.3 Å². The Morgan fingerprint density at radius 2 is 1.88 bits per heavy atom. The number of carbonyl (C=O) groups is 2. The summed E-state index contributed by atoms with van der Waals surface area (Å²) >= 11 is 0. The third-order valence-electron chi connectivity index (χ3n) is 8.93. The van der Waals surface area contributed by atoms with E-state index in [1.54, 1.807) is 18.2 Å². The summed E-state index contributed by atoms with van der Waals surface area (Å²) in [6, 6.07) is 7.24. The molecule has 3 aliphatic rings. The van der Waals surface area contributed by atoms with Crippen LogP contribution < -0.4 is 5.32 Å². The summed E-state index contributed by atoms with van der Waals surface area (Å²) in [5, 5.41) is 14.7. The Bertz CT molecular complexity index is 1490. The lowest BCUT2D eigenvalue weighted by Crippen LogP contribution is -2.61. The lowest BCUT2D eigenvalue weighted by atomic mass is 9.54. The number of aliphatic hydroxyl groups is 1. The minimum atomic E-state index is -4.50. The number of amides is 2. The van der Waals surface area contributed by atoms with Gasteiger partial charge in [-0.15, -0.1) is 0 Å². The third-order valence-corrected chi connectivity index (χ3v) is 8.93. The van der Waals surface area contributed by atoms with E-state index in [1.807, 2.05) is 0 Å². The van der Waals surface area contributed by atoms with Crippen molar-refractivity contribution in [2.24, 2.45) is 5.41 Å². The first-order valence-corrected chi connectivity index (χ1v) is 13.4. The number of hydrogen-bond donors (Lipinski definition) is 2. The zero-order valence-electron chi connectivity index (χ0n) is 21.6.